The Morgan fingerprint density at radius 2 is 1.75 bits per heavy atom. The van der Waals surface area contributed by atoms with Crippen molar-refractivity contribution in [3.63, 3.8) is 0 Å². The van der Waals surface area contributed by atoms with Gasteiger partial charge in [0.05, 0.1) is 24.0 Å². The normalized spacial score (nSPS) is 10.3. The summed E-state index contributed by atoms with van der Waals surface area (Å²) in [7, 11) is 1.20. The number of thioether (sulfide) groups is 1. The number of esters is 2. The first-order valence-electron chi connectivity index (χ1n) is 7.99. The molecule has 0 radical (unpaired) electrons. The topological polar surface area (TPSA) is 109 Å². The highest BCUT2D eigenvalue weighted by molar-refractivity contribution is 7.98. The summed E-state index contributed by atoms with van der Waals surface area (Å²) in [5.41, 5.74) is -0.510. The highest BCUT2D eigenvalue weighted by Crippen LogP contribution is 2.19. The minimum atomic E-state index is -0.867. The van der Waals surface area contributed by atoms with Crippen molar-refractivity contribution in [1.29, 1.82) is 0 Å². The van der Waals surface area contributed by atoms with Gasteiger partial charge in [0, 0.05) is 18.5 Å². The Hall–Kier alpha value is -3.46. The Balaban J connectivity index is 1.72. The fourth-order valence-electron chi connectivity index (χ4n) is 2.19. The third-order valence-electron chi connectivity index (χ3n) is 3.49. The smallest absolute Gasteiger partial charge is 0.344 e. The first-order chi connectivity index (χ1) is 13.6. The molecule has 8 nitrogen and oxygen atoms in total. The van der Waals surface area contributed by atoms with Gasteiger partial charge in [-0.2, -0.15) is 0 Å². The molecule has 0 aliphatic rings. The summed E-state index contributed by atoms with van der Waals surface area (Å²) in [4.78, 5) is 44.5. The van der Waals surface area contributed by atoms with Crippen LogP contribution in [-0.4, -0.2) is 29.0 Å². The van der Waals surface area contributed by atoms with Crippen LogP contribution in [0.25, 0.3) is 0 Å². The molecule has 3 aromatic rings. The van der Waals surface area contributed by atoms with Crippen LogP contribution in [0, 0.1) is 0 Å². The molecule has 0 saturated heterocycles. The van der Waals surface area contributed by atoms with Gasteiger partial charge in [-0.05, 0) is 18.2 Å². The molecule has 1 aromatic carbocycles. The average Bonchev–Trinajstić information content (AvgIpc) is 2.74. The number of carbonyl (C=O) groups is 2. The Kier molecular flexibility index (Phi) is 6.18. The molecule has 142 valence electrons. The van der Waals surface area contributed by atoms with E-state index in [9.17, 15) is 14.4 Å². The molecule has 0 fully saturated rings. The van der Waals surface area contributed by atoms with Crippen LogP contribution < -0.4 is 10.2 Å². The van der Waals surface area contributed by atoms with Crippen molar-refractivity contribution in [2.45, 2.75) is 10.9 Å². The molecule has 0 amide bonds. The lowest BCUT2D eigenvalue weighted by Gasteiger charge is -2.07. The number of ether oxygens (including phenoxy) is 2. The Bertz CT molecular complexity index is 1050. The predicted octanol–water partition coefficient (Wildman–Crippen LogP) is 2.73. The molecule has 0 aliphatic carbocycles. The van der Waals surface area contributed by atoms with Crippen LogP contribution in [0.5, 0.6) is 5.75 Å². The molecule has 0 bridgehead atoms. The minimum Gasteiger partial charge on any atom is -0.465 e. The van der Waals surface area contributed by atoms with Gasteiger partial charge in [0.25, 0.3) is 0 Å². The van der Waals surface area contributed by atoms with Gasteiger partial charge in [0.2, 0.25) is 11.2 Å². The molecule has 9 heteroatoms. The van der Waals surface area contributed by atoms with Crippen LogP contribution in [0.15, 0.2) is 69.4 Å². The van der Waals surface area contributed by atoms with E-state index < -0.39 is 17.4 Å². The third kappa shape index (κ3) is 4.63. The standard InChI is InChI=1S/C19H14N2O6S/c1-25-17(23)13-5-2-3-6-14(13)18(24)27-16-10-26-12(9-15(16)22)11-28-19-20-7-4-8-21-19/h2-10H,11H2,1H3. The highest BCUT2D eigenvalue weighted by atomic mass is 32.2. The predicted molar refractivity (Wildman–Crippen MR) is 99.3 cm³/mol. The molecule has 0 spiro atoms. The maximum atomic E-state index is 12.4. The van der Waals surface area contributed by atoms with E-state index in [4.69, 9.17) is 9.15 Å². The second-order valence-corrected chi connectivity index (χ2v) is 6.26. The molecular formula is C19H14N2O6S. The molecule has 0 atom stereocenters. The largest absolute Gasteiger partial charge is 0.465 e. The van der Waals surface area contributed by atoms with Crippen molar-refractivity contribution in [2.75, 3.05) is 7.11 Å². The van der Waals surface area contributed by atoms with Crippen molar-refractivity contribution in [2.24, 2.45) is 0 Å². The van der Waals surface area contributed by atoms with Gasteiger partial charge in [-0.3, -0.25) is 4.79 Å². The minimum absolute atomic E-state index is 0.0189. The number of rotatable bonds is 6. The Morgan fingerprint density at radius 3 is 2.39 bits per heavy atom. The summed E-state index contributed by atoms with van der Waals surface area (Å²) >= 11 is 1.29. The van der Waals surface area contributed by atoms with Crippen molar-refractivity contribution >= 4 is 23.7 Å². The zero-order valence-electron chi connectivity index (χ0n) is 14.7. The van der Waals surface area contributed by atoms with Gasteiger partial charge in [-0.15, -0.1) is 0 Å². The zero-order chi connectivity index (χ0) is 19.9. The Labute approximate surface area is 163 Å². The van der Waals surface area contributed by atoms with E-state index in [1.54, 1.807) is 30.6 Å². The average molecular weight is 398 g/mol. The third-order valence-corrected chi connectivity index (χ3v) is 4.39. The SMILES string of the molecule is COC(=O)c1ccccc1C(=O)Oc1coc(CSc2ncccn2)cc1=O. The number of hydrogen-bond donors (Lipinski definition) is 0. The van der Waals surface area contributed by atoms with Gasteiger partial charge in [0.1, 0.15) is 12.0 Å². The lowest BCUT2D eigenvalue weighted by molar-refractivity contribution is 0.0587. The van der Waals surface area contributed by atoms with E-state index in [0.29, 0.717) is 16.7 Å². The number of hydrogen-bond acceptors (Lipinski definition) is 9. The van der Waals surface area contributed by atoms with Crippen molar-refractivity contribution in [1.82, 2.24) is 9.97 Å². The van der Waals surface area contributed by atoms with Gasteiger partial charge < -0.3 is 13.9 Å². The van der Waals surface area contributed by atoms with Gasteiger partial charge >= 0.3 is 11.9 Å². The second kappa shape index (κ2) is 8.96. The molecule has 3 rings (SSSR count). The lowest BCUT2D eigenvalue weighted by Crippen LogP contribution is -2.18. The molecule has 0 saturated carbocycles. The molecule has 0 N–H and O–H groups in total. The summed E-state index contributed by atoms with van der Waals surface area (Å²) in [6.07, 6.45) is 4.28. The van der Waals surface area contributed by atoms with Crippen molar-refractivity contribution < 1.29 is 23.5 Å². The molecular weight excluding hydrogens is 384 g/mol. The van der Waals surface area contributed by atoms with Gasteiger partial charge in [-0.25, -0.2) is 19.6 Å². The fraction of sp³-hybridized carbons (Fsp3) is 0.105. The summed E-state index contributed by atoms with van der Waals surface area (Å²) in [6, 6.07) is 8.91. The van der Waals surface area contributed by atoms with Crippen LogP contribution in [0.1, 0.15) is 26.5 Å². The molecule has 2 aromatic heterocycles. The maximum Gasteiger partial charge on any atom is 0.344 e. The van der Waals surface area contributed by atoms with E-state index in [1.807, 2.05) is 0 Å². The zero-order valence-corrected chi connectivity index (χ0v) is 15.5. The van der Waals surface area contributed by atoms with Gasteiger partial charge in [0.15, 0.2) is 5.16 Å². The van der Waals surface area contributed by atoms with Crippen LogP contribution in [0.4, 0.5) is 0 Å². The van der Waals surface area contributed by atoms with Crippen molar-refractivity contribution in [3.05, 3.63) is 82.2 Å². The summed E-state index contributed by atoms with van der Waals surface area (Å²) in [5, 5.41) is 0.542. The van der Waals surface area contributed by atoms with E-state index in [1.165, 1.54) is 37.1 Å². The monoisotopic (exact) mass is 398 g/mol. The molecule has 28 heavy (non-hydrogen) atoms. The molecule has 0 aliphatic heterocycles. The number of methoxy groups -OCH3 is 1. The van der Waals surface area contributed by atoms with E-state index >= 15 is 0 Å². The number of carbonyl (C=O) groups excluding carboxylic acids is 2. The molecule has 2 heterocycles. The van der Waals surface area contributed by atoms with Crippen LogP contribution in [0.3, 0.4) is 0 Å². The summed E-state index contributed by atoms with van der Waals surface area (Å²) in [6.45, 7) is 0. The van der Waals surface area contributed by atoms with Gasteiger partial charge in [-0.1, -0.05) is 23.9 Å². The van der Waals surface area contributed by atoms with E-state index in [-0.39, 0.29) is 16.9 Å². The summed E-state index contributed by atoms with van der Waals surface area (Å²) in [5.74, 6) is -1.13. The summed E-state index contributed by atoms with van der Waals surface area (Å²) < 4.78 is 15.1. The van der Waals surface area contributed by atoms with Crippen LogP contribution in [-0.2, 0) is 10.5 Å². The first kappa shape index (κ1) is 19.3. The number of aromatic nitrogens is 2. The molecule has 0 unspecified atom stereocenters. The Morgan fingerprint density at radius 1 is 1.07 bits per heavy atom. The first-order valence-corrected chi connectivity index (χ1v) is 8.98. The number of benzene rings is 1. The van der Waals surface area contributed by atoms with Crippen LogP contribution in [0.2, 0.25) is 0 Å². The fourth-order valence-corrected chi connectivity index (χ4v) is 2.88. The number of nitrogens with zero attached hydrogens (tertiary/aromatic N) is 2. The maximum absolute atomic E-state index is 12.4. The second-order valence-electron chi connectivity index (χ2n) is 5.32. The van der Waals surface area contributed by atoms with Crippen LogP contribution >= 0.6 is 11.8 Å². The van der Waals surface area contributed by atoms with Crippen molar-refractivity contribution in [3.8, 4) is 5.75 Å². The lowest BCUT2D eigenvalue weighted by atomic mass is 10.1. The quantitative estimate of drug-likeness (QED) is 0.352. The highest BCUT2D eigenvalue weighted by Gasteiger charge is 2.20. The van der Waals surface area contributed by atoms with E-state index in [2.05, 4.69) is 14.7 Å². The van der Waals surface area contributed by atoms with E-state index in [0.717, 1.165) is 6.26 Å².